The van der Waals surface area contributed by atoms with Crippen LogP contribution >= 0.6 is 0 Å². The van der Waals surface area contributed by atoms with Crippen molar-refractivity contribution in [3.63, 3.8) is 0 Å². The van der Waals surface area contributed by atoms with Gasteiger partial charge >= 0.3 is 0 Å². The molecule has 0 radical (unpaired) electrons. The summed E-state index contributed by atoms with van der Waals surface area (Å²) in [7, 11) is 0. The van der Waals surface area contributed by atoms with Crippen LogP contribution < -0.4 is 0 Å². The second-order valence-electron chi connectivity index (χ2n) is 19.2. The molecule has 3 saturated heterocycles. The summed E-state index contributed by atoms with van der Waals surface area (Å²) in [5.41, 5.74) is -1.84. The maximum absolute atomic E-state index is 12.4. The van der Waals surface area contributed by atoms with E-state index in [-0.39, 0.29) is 54.6 Å². The minimum atomic E-state index is -1.60. The Hall–Kier alpha value is -0.600. The Balaban J connectivity index is 0.964. The molecule has 15 heteroatoms. The van der Waals surface area contributed by atoms with Gasteiger partial charge < -0.3 is 74.7 Å². The Morgan fingerprint density at radius 1 is 0.800 bits per heavy atom. The third-order valence-electron chi connectivity index (χ3n) is 16.3. The molecule has 10 N–H and O–H groups in total. The molecule has 55 heavy (non-hydrogen) atoms. The van der Waals surface area contributed by atoms with Gasteiger partial charge in [0.15, 0.2) is 18.4 Å². The van der Waals surface area contributed by atoms with E-state index in [9.17, 15) is 51.1 Å². The quantitative estimate of drug-likeness (QED) is 0.130. The molecule has 7 rings (SSSR count). The Kier molecular flexibility index (Phi) is 11.9. The topological polar surface area (TPSA) is 248 Å². The minimum absolute atomic E-state index is 0.00584. The maximum atomic E-state index is 12.4. The van der Waals surface area contributed by atoms with Gasteiger partial charge in [-0.2, -0.15) is 0 Å². The van der Waals surface area contributed by atoms with E-state index >= 15 is 0 Å². The molecule has 0 unspecified atom stereocenters. The molecule has 0 amide bonds. The SMILES string of the molecule is CC[C@H]1O[C@@H](OC[C@H](C)CC[C@@]2(O)O[C@H]3C[C@H]4[C@@H]5CC[C@@]6(O)C[C@@H](O[C@@H]7O[C@H](CO)[C@@H](O)[C@H](O)[C@H]7O)[C@H](O)C[C@]6(C)[C@H]5CC[C@]4(C)[C@H]3[C@@H]2C)[C@H](O)[C@@H](O)[C@@H]1O. The molecule has 23 atom stereocenters. The van der Waals surface area contributed by atoms with Crippen LogP contribution in [0, 0.1) is 46.3 Å². The lowest BCUT2D eigenvalue weighted by atomic mass is 9.42. The van der Waals surface area contributed by atoms with Crippen molar-refractivity contribution >= 4 is 0 Å². The van der Waals surface area contributed by atoms with E-state index in [1.807, 2.05) is 13.8 Å². The predicted molar refractivity (Wildman–Crippen MR) is 192 cm³/mol. The van der Waals surface area contributed by atoms with Crippen molar-refractivity contribution in [3.05, 3.63) is 0 Å². The Morgan fingerprint density at radius 2 is 1.45 bits per heavy atom. The lowest BCUT2D eigenvalue weighted by Gasteiger charge is -2.65. The van der Waals surface area contributed by atoms with Crippen molar-refractivity contribution in [2.75, 3.05) is 13.2 Å². The zero-order chi connectivity index (χ0) is 40.0. The summed E-state index contributed by atoms with van der Waals surface area (Å²) < 4.78 is 29.8. The highest BCUT2D eigenvalue weighted by atomic mass is 16.7. The van der Waals surface area contributed by atoms with Crippen LogP contribution in [-0.2, 0) is 23.7 Å². The highest BCUT2D eigenvalue weighted by molar-refractivity contribution is 5.18. The molecular formula is C40H68O15. The third-order valence-corrected chi connectivity index (χ3v) is 16.3. The normalized spacial score (nSPS) is 57.0. The summed E-state index contributed by atoms with van der Waals surface area (Å²) in [5.74, 6) is -0.499. The van der Waals surface area contributed by atoms with Crippen LogP contribution in [0.25, 0.3) is 0 Å². The van der Waals surface area contributed by atoms with Crippen molar-refractivity contribution < 1.29 is 74.7 Å². The molecule has 0 spiro atoms. The smallest absolute Gasteiger partial charge is 0.187 e. The summed E-state index contributed by atoms with van der Waals surface area (Å²) in [5, 5.41) is 107. The summed E-state index contributed by atoms with van der Waals surface area (Å²) >= 11 is 0. The van der Waals surface area contributed by atoms with E-state index in [0.29, 0.717) is 37.5 Å². The van der Waals surface area contributed by atoms with Gasteiger partial charge in [-0.25, -0.2) is 0 Å². The minimum Gasteiger partial charge on any atom is -0.394 e. The Labute approximate surface area is 323 Å². The van der Waals surface area contributed by atoms with E-state index in [2.05, 4.69) is 20.8 Å². The van der Waals surface area contributed by atoms with Crippen LogP contribution in [0.15, 0.2) is 0 Å². The Morgan fingerprint density at radius 3 is 2.13 bits per heavy atom. The molecule has 4 aliphatic carbocycles. The van der Waals surface area contributed by atoms with Crippen molar-refractivity contribution in [2.45, 2.75) is 190 Å². The zero-order valence-corrected chi connectivity index (χ0v) is 33.0. The standard InChI is InChI=1S/C40H68O15/c1-6-24-29(43)31(45)33(47)35(52-24)51-17-18(2)7-12-40(50)19(3)28-25(55-40)13-22-20-8-11-39(49)15-26(53-36-34(48)32(46)30(44)27(16-41)54-36)23(42)14-38(39,5)21(20)9-10-37(22,28)4/h18-36,41-50H,6-17H2,1-5H3/t18-,19+,20-,21+,22+,23-,24-,25+,26-,27-,28+,29-,30-,31+,32+,33-,34-,35-,36-,37+,38-,39-,40-/m1/s1. The number of hydrogen-bond acceptors (Lipinski definition) is 15. The fraction of sp³-hybridized carbons (Fsp3) is 1.00. The number of fused-ring (bicyclic) bond motifs is 7. The van der Waals surface area contributed by atoms with Crippen LogP contribution in [0.2, 0.25) is 0 Å². The monoisotopic (exact) mass is 788 g/mol. The Bertz CT molecular complexity index is 1340. The van der Waals surface area contributed by atoms with Crippen LogP contribution in [-0.4, -0.2) is 155 Å². The summed E-state index contributed by atoms with van der Waals surface area (Å²) in [4.78, 5) is 0. The predicted octanol–water partition coefficient (Wildman–Crippen LogP) is -0.1000. The fourth-order valence-electron chi connectivity index (χ4n) is 12.9. The summed E-state index contributed by atoms with van der Waals surface area (Å²) in [6.45, 7) is 10.0. The van der Waals surface area contributed by atoms with Crippen molar-refractivity contribution in [1.82, 2.24) is 0 Å². The lowest BCUT2D eigenvalue weighted by Crippen LogP contribution is -2.67. The third kappa shape index (κ3) is 6.96. The van der Waals surface area contributed by atoms with E-state index in [4.69, 9.17) is 23.7 Å². The van der Waals surface area contributed by atoms with Gasteiger partial charge in [-0.05, 0) is 86.4 Å². The lowest BCUT2D eigenvalue weighted by molar-refractivity contribution is -0.333. The average molecular weight is 789 g/mol. The maximum Gasteiger partial charge on any atom is 0.187 e. The van der Waals surface area contributed by atoms with Crippen LogP contribution in [0.1, 0.15) is 98.8 Å². The molecule has 7 aliphatic rings. The number of aliphatic hydroxyl groups is 10. The van der Waals surface area contributed by atoms with Gasteiger partial charge in [0.1, 0.15) is 42.7 Å². The van der Waals surface area contributed by atoms with Crippen molar-refractivity contribution in [3.8, 4) is 0 Å². The molecule has 0 aromatic rings. The van der Waals surface area contributed by atoms with Crippen molar-refractivity contribution in [2.24, 2.45) is 46.3 Å². The first-order valence-corrected chi connectivity index (χ1v) is 20.9. The first kappa shape index (κ1) is 42.5. The van der Waals surface area contributed by atoms with Gasteiger partial charge in [0, 0.05) is 24.2 Å². The zero-order valence-electron chi connectivity index (χ0n) is 33.0. The number of aliphatic hydroxyl groups excluding tert-OH is 8. The fourth-order valence-corrected chi connectivity index (χ4v) is 12.9. The van der Waals surface area contributed by atoms with Gasteiger partial charge in [-0.1, -0.05) is 34.6 Å². The molecular weight excluding hydrogens is 720 g/mol. The molecule has 3 heterocycles. The number of rotatable bonds is 10. The van der Waals surface area contributed by atoms with Gasteiger partial charge in [0.25, 0.3) is 0 Å². The van der Waals surface area contributed by atoms with Crippen LogP contribution in [0.4, 0.5) is 0 Å². The molecule has 15 nitrogen and oxygen atoms in total. The second kappa shape index (κ2) is 15.5. The molecule has 318 valence electrons. The molecule has 0 aromatic carbocycles. The molecule has 0 aromatic heterocycles. The van der Waals surface area contributed by atoms with Crippen LogP contribution in [0.3, 0.4) is 0 Å². The largest absolute Gasteiger partial charge is 0.394 e. The first-order chi connectivity index (χ1) is 25.8. The van der Waals surface area contributed by atoms with Gasteiger partial charge in [0.2, 0.25) is 0 Å². The van der Waals surface area contributed by atoms with Crippen LogP contribution in [0.5, 0.6) is 0 Å². The molecule has 4 saturated carbocycles. The molecule has 3 aliphatic heterocycles. The molecule has 7 fully saturated rings. The van der Waals surface area contributed by atoms with Crippen molar-refractivity contribution in [1.29, 1.82) is 0 Å². The van der Waals surface area contributed by atoms with Gasteiger partial charge in [-0.15, -0.1) is 0 Å². The highest BCUT2D eigenvalue weighted by Crippen LogP contribution is 2.71. The van der Waals surface area contributed by atoms with E-state index < -0.39 is 97.0 Å². The van der Waals surface area contributed by atoms with Gasteiger partial charge in [-0.3, -0.25) is 0 Å². The number of hydrogen-bond donors (Lipinski definition) is 10. The van der Waals surface area contributed by atoms with E-state index in [1.54, 1.807) is 0 Å². The highest BCUT2D eigenvalue weighted by Gasteiger charge is 2.70. The van der Waals surface area contributed by atoms with Gasteiger partial charge in [0.05, 0.1) is 43.2 Å². The first-order valence-electron chi connectivity index (χ1n) is 20.9. The average Bonchev–Trinajstić information content (AvgIpc) is 3.58. The van der Waals surface area contributed by atoms with E-state index in [0.717, 1.165) is 25.7 Å². The summed E-state index contributed by atoms with van der Waals surface area (Å²) in [6, 6.07) is 0. The number of ether oxygens (including phenoxy) is 5. The second-order valence-corrected chi connectivity index (χ2v) is 19.2. The molecule has 0 bridgehead atoms. The summed E-state index contributed by atoms with van der Waals surface area (Å²) in [6.07, 6.45) is -9.05. The van der Waals surface area contributed by atoms with E-state index in [1.165, 1.54) is 0 Å².